The molecule has 0 radical (unpaired) electrons. The molecular formula is C15H20N2O3S. The summed E-state index contributed by atoms with van der Waals surface area (Å²) in [6, 6.07) is 6.82. The van der Waals surface area contributed by atoms with Crippen LogP contribution in [0, 0.1) is 13.8 Å². The molecule has 2 rings (SSSR count). The van der Waals surface area contributed by atoms with Crippen LogP contribution in [0.4, 0.5) is 0 Å². The molecule has 0 amide bonds. The van der Waals surface area contributed by atoms with Gasteiger partial charge in [-0.25, -0.2) is 8.42 Å². The third-order valence-corrected chi connectivity index (χ3v) is 5.41. The Labute approximate surface area is 125 Å². The zero-order valence-corrected chi connectivity index (χ0v) is 13.3. The third-order valence-electron chi connectivity index (χ3n) is 3.61. The normalized spacial score (nSPS) is 12.0. The maximum absolute atomic E-state index is 12.6. The molecule has 21 heavy (non-hydrogen) atoms. The number of nitrogens with zero attached hydrogens (tertiary/aromatic N) is 1. The Morgan fingerprint density at radius 2 is 1.90 bits per heavy atom. The van der Waals surface area contributed by atoms with Gasteiger partial charge in [0.25, 0.3) is 0 Å². The molecule has 0 aliphatic carbocycles. The van der Waals surface area contributed by atoms with Crippen molar-refractivity contribution in [1.82, 2.24) is 4.31 Å². The van der Waals surface area contributed by atoms with Gasteiger partial charge in [0.1, 0.15) is 5.76 Å². The predicted octanol–water partition coefficient (Wildman–Crippen LogP) is 2.18. The smallest absolute Gasteiger partial charge is 0.243 e. The minimum atomic E-state index is -3.55. The minimum absolute atomic E-state index is 0.261. The van der Waals surface area contributed by atoms with Crippen LogP contribution in [0.2, 0.25) is 0 Å². The number of aryl methyl sites for hydroxylation is 2. The van der Waals surface area contributed by atoms with Crippen LogP contribution < -0.4 is 5.73 Å². The summed E-state index contributed by atoms with van der Waals surface area (Å²) in [5, 5.41) is 0. The van der Waals surface area contributed by atoms with Gasteiger partial charge < -0.3 is 10.2 Å². The Morgan fingerprint density at radius 3 is 2.48 bits per heavy atom. The van der Waals surface area contributed by atoms with Crippen molar-refractivity contribution in [2.75, 3.05) is 7.05 Å². The molecule has 0 aliphatic rings. The van der Waals surface area contributed by atoms with E-state index in [2.05, 4.69) is 0 Å². The lowest BCUT2D eigenvalue weighted by Crippen LogP contribution is -2.26. The zero-order chi connectivity index (χ0) is 15.6. The Hall–Kier alpha value is -1.63. The summed E-state index contributed by atoms with van der Waals surface area (Å²) in [5.74, 6) is 0.726. The van der Waals surface area contributed by atoms with Crippen molar-refractivity contribution >= 4 is 10.0 Å². The molecule has 114 valence electrons. The van der Waals surface area contributed by atoms with Crippen molar-refractivity contribution in [3.05, 3.63) is 53.0 Å². The number of sulfonamides is 1. The van der Waals surface area contributed by atoms with Crippen LogP contribution in [0.15, 0.2) is 39.8 Å². The summed E-state index contributed by atoms with van der Waals surface area (Å²) in [6.07, 6.45) is 1.56. The summed E-state index contributed by atoms with van der Waals surface area (Å²) < 4.78 is 31.7. The van der Waals surface area contributed by atoms with Crippen molar-refractivity contribution in [2.24, 2.45) is 5.73 Å². The first kappa shape index (κ1) is 15.8. The number of rotatable bonds is 5. The first-order valence-corrected chi connectivity index (χ1v) is 8.09. The van der Waals surface area contributed by atoms with E-state index in [9.17, 15) is 8.42 Å². The van der Waals surface area contributed by atoms with E-state index in [-0.39, 0.29) is 11.4 Å². The second kappa shape index (κ2) is 6.01. The molecule has 5 nitrogen and oxygen atoms in total. The molecule has 0 atom stereocenters. The van der Waals surface area contributed by atoms with Crippen LogP contribution in [0.25, 0.3) is 0 Å². The maximum Gasteiger partial charge on any atom is 0.243 e. The third kappa shape index (κ3) is 3.18. The van der Waals surface area contributed by atoms with Crippen molar-refractivity contribution in [3.63, 3.8) is 0 Å². The van der Waals surface area contributed by atoms with Gasteiger partial charge in [0.15, 0.2) is 0 Å². The van der Waals surface area contributed by atoms with E-state index in [4.69, 9.17) is 10.2 Å². The van der Waals surface area contributed by atoms with Gasteiger partial charge in [0.05, 0.1) is 11.2 Å². The lowest BCUT2D eigenvalue weighted by Gasteiger charge is -2.18. The van der Waals surface area contributed by atoms with E-state index in [0.717, 1.165) is 22.5 Å². The summed E-state index contributed by atoms with van der Waals surface area (Å²) in [5.41, 5.74) is 8.33. The summed E-state index contributed by atoms with van der Waals surface area (Å²) >= 11 is 0. The van der Waals surface area contributed by atoms with Gasteiger partial charge in [-0.15, -0.1) is 0 Å². The van der Waals surface area contributed by atoms with Gasteiger partial charge in [-0.3, -0.25) is 0 Å². The number of hydrogen-bond donors (Lipinski definition) is 1. The summed E-state index contributed by atoms with van der Waals surface area (Å²) in [4.78, 5) is 0.261. The number of furan rings is 1. The molecule has 2 N–H and O–H groups in total. The lowest BCUT2D eigenvalue weighted by atomic mass is 10.1. The van der Waals surface area contributed by atoms with Gasteiger partial charge in [0.2, 0.25) is 10.0 Å². The quantitative estimate of drug-likeness (QED) is 0.918. The first-order chi connectivity index (χ1) is 9.86. The van der Waals surface area contributed by atoms with Gasteiger partial charge in [-0.05, 0) is 43.2 Å². The van der Waals surface area contributed by atoms with Crippen LogP contribution in [0.3, 0.4) is 0 Å². The molecule has 0 fully saturated rings. The van der Waals surface area contributed by atoms with Crippen molar-refractivity contribution in [1.29, 1.82) is 0 Å². The van der Waals surface area contributed by atoms with Crippen LogP contribution in [0.5, 0.6) is 0 Å². The minimum Gasteiger partial charge on any atom is -0.469 e. The molecule has 0 aliphatic heterocycles. The Morgan fingerprint density at radius 1 is 1.19 bits per heavy atom. The second-order valence-electron chi connectivity index (χ2n) is 5.06. The fourth-order valence-electron chi connectivity index (χ4n) is 2.11. The monoisotopic (exact) mass is 308 g/mol. The highest BCUT2D eigenvalue weighted by Gasteiger charge is 2.22. The molecule has 2 aromatic rings. The molecule has 0 unspecified atom stereocenters. The van der Waals surface area contributed by atoms with Gasteiger partial charge in [-0.2, -0.15) is 4.31 Å². The van der Waals surface area contributed by atoms with Crippen molar-refractivity contribution in [3.8, 4) is 0 Å². The highest BCUT2D eigenvalue weighted by atomic mass is 32.2. The molecule has 1 aromatic carbocycles. The number of nitrogens with two attached hydrogens (primary N) is 1. The van der Waals surface area contributed by atoms with E-state index >= 15 is 0 Å². The van der Waals surface area contributed by atoms with E-state index in [1.165, 1.54) is 4.31 Å². The standard InChI is InChI=1S/C15H20N2O3S/c1-11-4-5-15(8-14(11)9-16)21(18,19)17(3)10-13-6-7-20-12(13)2/h4-8H,9-10,16H2,1-3H3. The average Bonchev–Trinajstić information content (AvgIpc) is 2.84. The molecule has 0 spiro atoms. The number of benzene rings is 1. The average molecular weight is 308 g/mol. The topological polar surface area (TPSA) is 76.5 Å². The Bertz CT molecular complexity index is 735. The Kier molecular flexibility index (Phi) is 4.51. The van der Waals surface area contributed by atoms with Crippen LogP contribution >= 0.6 is 0 Å². The molecule has 1 aromatic heterocycles. The summed E-state index contributed by atoms with van der Waals surface area (Å²) in [6.45, 7) is 4.32. The molecule has 0 saturated heterocycles. The van der Waals surface area contributed by atoms with Crippen LogP contribution in [-0.2, 0) is 23.1 Å². The highest BCUT2D eigenvalue weighted by molar-refractivity contribution is 7.89. The van der Waals surface area contributed by atoms with E-state index in [1.807, 2.05) is 13.8 Å². The second-order valence-corrected chi connectivity index (χ2v) is 7.10. The van der Waals surface area contributed by atoms with Crippen LogP contribution in [-0.4, -0.2) is 19.8 Å². The Balaban J connectivity index is 2.31. The fourth-order valence-corrected chi connectivity index (χ4v) is 3.31. The fraction of sp³-hybridized carbons (Fsp3) is 0.333. The van der Waals surface area contributed by atoms with Gasteiger partial charge >= 0.3 is 0 Å². The van der Waals surface area contributed by atoms with Gasteiger partial charge in [-0.1, -0.05) is 6.07 Å². The number of hydrogen-bond acceptors (Lipinski definition) is 4. The van der Waals surface area contributed by atoms with E-state index in [0.29, 0.717) is 6.54 Å². The zero-order valence-electron chi connectivity index (χ0n) is 12.5. The van der Waals surface area contributed by atoms with Gasteiger partial charge in [0, 0.05) is 25.7 Å². The predicted molar refractivity (Wildman–Crippen MR) is 81.2 cm³/mol. The SMILES string of the molecule is Cc1ccc(S(=O)(=O)N(C)Cc2ccoc2C)cc1CN. The molecule has 6 heteroatoms. The first-order valence-electron chi connectivity index (χ1n) is 6.65. The summed E-state index contributed by atoms with van der Waals surface area (Å²) in [7, 11) is -1.99. The van der Waals surface area contributed by atoms with Crippen molar-refractivity contribution < 1.29 is 12.8 Å². The molecule has 0 bridgehead atoms. The van der Waals surface area contributed by atoms with E-state index in [1.54, 1.807) is 37.6 Å². The van der Waals surface area contributed by atoms with E-state index < -0.39 is 10.0 Å². The largest absolute Gasteiger partial charge is 0.469 e. The lowest BCUT2D eigenvalue weighted by molar-refractivity contribution is 0.459. The molecule has 0 saturated carbocycles. The molecular weight excluding hydrogens is 288 g/mol. The van der Waals surface area contributed by atoms with Crippen LogP contribution in [0.1, 0.15) is 22.5 Å². The maximum atomic E-state index is 12.6. The molecule has 1 heterocycles. The highest BCUT2D eigenvalue weighted by Crippen LogP contribution is 2.21. The van der Waals surface area contributed by atoms with Crippen molar-refractivity contribution in [2.45, 2.75) is 31.8 Å².